The van der Waals surface area contributed by atoms with E-state index in [1.165, 1.54) is 43.3 Å². The van der Waals surface area contributed by atoms with Crippen molar-refractivity contribution in [3.8, 4) is 0 Å². The molecule has 0 amide bonds. The number of carbonyl (C=O) groups excluding carboxylic acids is 2. The first-order chi connectivity index (χ1) is 21.4. The van der Waals surface area contributed by atoms with E-state index in [4.69, 9.17) is 19.3 Å². The molecular formula is C36H40NO7+. The lowest BCUT2D eigenvalue weighted by Crippen LogP contribution is -2.60. The fourth-order valence-corrected chi connectivity index (χ4v) is 7.79. The zero-order chi connectivity index (χ0) is 30.6. The van der Waals surface area contributed by atoms with Gasteiger partial charge in [0.1, 0.15) is 6.10 Å². The zero-order valence-electron chi connectivity index (χ0n) is 24.9. The van der Waals surface area contributed by atoms with Crippen LogP contribution in [0.3, 0.4) is 0 Å². The molecule has 0 saturated carbocycles. The van der Waals surface area contributed by atoms with Gasteiger partial charge in [-0.3, -0.25) is 9.59 Å². The molecule has 0 radical (unpaired) electrons. The first-order valence-corrected chi connectivity index (χ1v) is 15.7. The van der Waals surface area contributed by atoms with Gasteiger partial charge >= 0.3 is 17.9 Å². The largest absolute Gasteiger partial charge is 0.481 e. The van der Waals surface area contributed by atoms with E-state index in [-0.39, 0.29) is 18.9 Å². The van der Waals surface area contributed by atoms with Crippen molar-refractivity contribution in [2.75, 3.05) is 13.1 Å². The van der Waals surface area contributed by atoms with Gasteiger partial charge in [0, 0.05) is 44.1 Å². The van der Waals surface area contributed by atoms with Crippen LogP contribution in [-0.4, -0.2) is 58.8 Å². The number of hydrogen-bond acceptors (Lipinski definition) is 6. The molecule has 8 nitrogen and oxygen atoms in total. The maximum atomic E-state index is 14.8. The number of carbonyl (C=O) groups is 3. The Balaban J connectivity index is 1.37. The fourth-order valence-electron chi connectivity index (χ4n) is 7.79. The van der Waals surface area contributed by atoms with Crippen molar-refractivity contribution < 1.29 is 38.2 Å². The summed E-state index contributed by atoms with van der Waals surface area (Å²) in [7, 11) is 0. The maximum Gasteiger partial charge on any atom is 0.348 e. The van der Waals surface area contributed by atoms with Gasteiger partial charge in [0.15, 0.2) is 0 Å². The highest BCUT2D eigenvalue weighted by Gasteiger charge is 2.57. The number of carboxylic acid groups (broad SMARTS) is 1. The van der Waals surface area contributed by atoms with Crippen LogP contribution in [0.1, 0.15) is 74.3 Å². The van der Waals surface area contributed by atoms with Crippen LogP contribution in [0.4, 0.5) is 0 Å². The maximum absolute atomic E-state index is 14.8. The molecule has 3 saturated heterocycles. The highest BCUT2D eigenvalue weighted by molar-refractivity contribution is 5.86. The van der Waals surface area contributed by atoms with Crippen LogP contribution >= 0.6 is 0 Å². The molecule has 8 heteroatoms. The normalized spacial score (nSPS) is 22.8. The summed E-state index contributed by atoms with van der Waals surface area (Å²) < 4.78 is 20.2. The lowest BCUT2D eigenvalue weighted by atomic mass is 9.85. The van der Waals surface area contributed by atoms with Gasteiger partial charge in [-0.05, 0) is 11.1 Å². The third kappa shape index (κ3) is 5.88. The Morgan fingerprint density at radius 3 is 1.82 bits per heavy atom. The lowest BCUT2D eigenvalue weighted by molar-refractivity contribution is -0.956. The summed E-state index contributed by atoms with van der Waals surface area (Å²) in [5.41, 5.74) is -0.176. The summed E-state index contributed by atoms with van der Waals surface area (Å²) >= 11 is 0. The van der Waals surface area contributed by atoms with Gasteiger partial charge in [0.25, 0.3) is 0 Å². The molecule has 3 aliphatic rings. The Labute approximate surface area is 258 Å². The summed E-state index contributed by atoms with van der Waals surface area (Å²) in [6, 6.07) is 28.3. The summed E-state index contributed by atoms with van der Waals surface area (Å²) in [5, 5.41) is 9.13. The summed E-state index contributed by atoms with van der Waals surface area (Å²) in [6.45, 7) is 2.45. The standard InChI is InChI=1S/C36H39NO7/c38-32(39)20-21-33(40)43-34(26-12-4-1-5-13-26)44-36(27-14-6-2-7-15-27,28-16-8-3-9-17-28)35(41)42-31-24-29-18-19-30(25-31)37(29)22-10-11-23-37/h1-9,12-17,29-31,34H,10-11,18-25H2/p+1. The number of hydrogen-bond donors (Lipinski definition) is 1. The van der Waals surface area contributed by atoms with E-state index in [2.05, 4.69) is 0 Å². The third-order valence-electron chi connectivity index (χ3n) is 9.82. The Hall–Kier alpha value is -4.01. The predicted octanol–water partition coefficient (Wildman–Crippen LogP) is 5.90. The molecule has 3 fully saturated rings. The van der Waals surface area contributed by atoms with Crippen LogP contribution in [0, 0.1) is 0 Å². The molecule has 1 spiro atoms. The van der Waals surface area contributed by atoms with Crippen LogP contribution < -0.4 is 0 Å². The van der Waals surface area contributed by atoms with Crippen LogP contribution in [-0.2, 0) is 34.2 Å². The van der Waals surface area contributed by atoms with Crippen molar-refractivity contribution in [1.82, 2.24) is 0 Å². The second kappa shape index (κ2) is 12.9. The first kappa shape index (κ1) is 30.0. The summed E-state index contributed by atoms with van der Waals surface area (Å²) in [4.78, 5) is 38.8. The molecule has 3 aliphatic heterocycles. The summed E-state index contributed by atoms with van der Waals surface area (Å²) in [5.74, 6) is -2.41. The quantitative estimate of drug-likeness (QED) is 0.167. The number of esters is 2. The zero-order valence-corrected chi connectivity index (χ0v) is 24.9. The number of piperidine rings is 1. The number of aliphatic carboxylic acids is 1. The number of ether oxygens (including phenoxy) is 3. The number of carboxylic acids is 1. The Bertz CT molecular complexity index is 1380. The molecule has 3 atom stereocenters. The van der Waals surface area contributed by atoms with E-state index < -0.39 is 29.8 Å². The Kier molecular flexibility index (Phi) is 8.82. The van der Waals surface area contributed by atoms with Crippen molar-refractivity contribution in [2.24, 2.45) is 0 Å². The van der Waals surface area contributed by atoms with E-state index in [1.807, 2.05) is 66.7 Å². The van der Waals surface area contributed by atoms with Crippen molar-refractivity contribution in [3.05, 3.63) is 108 Å². The van der Waals surface area contributed by atoms with E-state index in [0.29, 0.717) is 28.8 Å². The van der Waals surface area contributed by atoms with Gasteiger partial charge in [-0.25, -0.2) is 4.79 Å². The van der Waals surface area contributed by atoms with Gasteiger partial charge < -0.3 is 23.8 Å². The van der Waals surface area contributed by atoms with Crippen molar-refractivity contribution in [3.63, 3.8) is 0 Å². The van der Waals surface area contributed by atoms with Gasteiger partial charge in [-0.15, -0.1) is 0 Å². The second-order valence-corrected chi connectivity index (χ2v) is 12.3. The van der Waals surface area contributed by atoms with Crippen LogP contribution in [0.15, 0.2) is 91.0 Å². The highest BCUT2D eigenvalue weighted by atomic mass is 16.7. The average Bonchev–Trinajstić information content (AvgIpc) is 3.59. The SMILES string of the molecule is O=C(O)CCC(=O)OC(OC(C(=O)OC1CC2CCC(C1)[N+]21CCCC1)(c1ccccc1)c1ccccc1)c1ccccc1. The molecule has 44 heavy (non-hydrogen) atoms. The molecule has 3 unspecified atom stereocenters. The van der Waals surface area contributed by atoms with E-state index in [9.17, 15) is 14.4 Å². The first-order valence-electron chi connectivity index (χ1n) is 15.7. The smallest absolute Gasteiger partial charge is 0.348 e. The van der Waals surface area contributed by atoms with Gasteiger partial charge in [0.2, 0.25) is 11.9 Å². The molecule has 3 heterocycles. The molecule has 230 valence electrons. The molecule has 1 N–H and O–H groups in total. The fraction of sp³-hybridized carbons (Fsp3) is 0.417. The minimum atomic E-state index is -1.77. The molecule has 3 aromatic rings. The van der Waals surface area contributed by atoms with Crippen molar-refractivity contribution in [1.29, 1.82) is 0 Å². The Morgan fingerprint density at radius 1 is 0.773 bits per heavy atom. The highest BCUT2D eigenvalue weighted by Crippen LogP contribution is 2.47. The average molecular weight is 599 g/mol. The van der Waals surface area contributed by atoms with Crippen LogP contribution in [0.25, 0.3) is 0 Å². The van der Waals surface area contributed by atoms with Crippen molar-refractivity contribution in [2.45, 2.75) is 81.4 Å². The van der Waals surface area contributed by atoms with Gasteiger partial charge in [-0.1, -0.05) is 91.0 Å². The third-order valence-corrected chi connectivity index (χ3v) is 9.82. The number of quaternary nitrogens is 1. The van der Waals surface area contributed by atoms with Gasteiger partial charge in [0.05, 0.1) is 38.0 Å². The number of rotatable bonds is 11. The van der Waals surface area contributed by atoms with E-state index in [1.54, 1.807) is 24.3 Å². The van der Waals surface area contributed by atoms with E-state index >= 15 is 0 Å². The molecular weight excluding hydrogens is 558 g/mol. The number of nitrogens with zero attached hydrogens (tertiary/aromatic N) is 1. The summed E-state index contributed by atoms with van der Waals surface area (Å²) in [6.07, 6.45) is 4.25. The predicted molar refractivity (Wildman–Crippen MR) is 162 cm³/mol. The lowest BCUT2D eigenvalue weighted by Gasteiger charge is -2.47. The number of benzene rings is 3. The van der Waals surface area contributed by atoms with Crippen molar-refractivity contribution >= 4 is 17.9 Å². The van der Waals surface area contributed by atoms with Crippen LogP contribution in [0.5, 0.6) is 0 Å². The monoisotopic (exact) mass is 598 g/mol. The topological polar surface area (TPSA) is 99.1 Å². The van der Waals surface area contributed by atoms with E-state index in [0.717, 1.165) is 12.8 Å². The Morgan fingerprint density at radius 2 is 1.30 bits per heavy atom. The minimum Gasteiger partial charge on any atom is -0.481 e. The molecule has 2 bridgehead atoms. The molecule has 6 rings (SSSR count). The minimum absolute atomic E-state index is 0.243. The van der Waals surface area contributed by atoms with Gasteiger partial charge in [-0.2, -0.15) is 0 Å². The van der Waals surface area contributed by atoms with Crippen LogP contribution in [0.2, 0.25) is 0 Å². The second-order valence-electron chi connectivity index (χ2n) is 12.3. The molecule has 3 aromatic carbocycles. The molecule has 0 aliphatic carbocycles. The molecule has 0 aromatic heterocycles.